The van der Waals surface area contributed by atoms with Gasteiger partial charge in [-0.25, -0.2) is 4.98 Å². The molecule has 0 aliphatic heterocycles. The fourth-order valence-corrected chi connectivity index (χ4v) is 2.70. The number of aromatic nitrogens is 4. The summed E-state index contributed by atoms with van der Waals surface area (Å²) in [4.78, 5) is 8.51. The van der Waals surface area contributed by atoms with Crippen LogP contribution in [-0.2, 0) is 7.05 Å². The molecule has 1 unspecified atom stereocenters. The number of aliphatic hydroxyl groups excluding tert-OH is 1. The van der Waals surface area contributed by atoms with Crippen molar-refractivity contribution >= 4 is 40.7 Å². The van der Waals surface area contributed by atoms with Crippen LogP contribution in [0.15, 0.2) is 42.9 Å². The molecular formula is C16H16Cl2N6O. The van der Waals surface area contributed by atoms with E-state index >= 15 is 0 Å². The van der Waals surface area contributed by atoms with Gasteiger partial charge in [0.15, 0.2) is 5.82 Å². The third-order valence-corrected chi connectivity index (χ3v) is 4.10. The lowest BCUT2D eigenvalue weighted by atomic mass is 10.1. The molecule has 0 aliphatic rings. The van der Waals surface area contributed by atoms with Crippen LogP contribution in [0.1, 0.15) is 11.6 Å². The quantitative estimate of drug-likeness (QED) is 0.609. The van der Waals surface area contributed by atoms with E-state index in [-0.39, 0.29) is 6.61 Å². The lowest BCUT2D eigenvalue weighted by Gasteiger charge is -2.19. The summed E-state index contributed by atoms with van der Waals surface area (Å²) in [5, 5.41) is 20.8. The molecule has 3 rings (SSSR count). The predicted octanol–water partition coefficient (Wildman–Crippen LogP) is 3.41. The van der Waals surface area contributed by atoms with Gasteiger partial charge in [-0.05, 0) is 11.6 Å². The Bertz CT molecular complexity index is 869. The fraction of sp³-hybridized carbons (Fsp3) is 0.188. The summed E-state index contributed by atoms with van der Waals surface area (Å²) in [5.74, 6) is 0.748. The van der Waals surface area contributed by atoms with Crippen LogP contribution in [0.3, 0.4) is 0 Å². The zero-order valence-electron chi connectivity index (χ0n) is 13.3. The van der Waals surface area contributed by atoms with Crippen molar-refractivity contribution in [3.05, 3.63) is 58.5 Å². The molecule has 0 amide bonds. The average molecular weight is 379 g/mol. The minimum absolute atomic E-state index is 0.171. The second-order valence-corrected chi connectivity index (χ2v) is 6.13. The molecule has 0 bridgehead atoms. The lowest BCUT2D eigenvalue weighted by Crippen LogP contribution is -2.17. The number of halogens is 2. The molecule has 130 valence electrons. The number of nitrogens with zero attached hydrogens (tertiary/aromatic N) is 4. The fourth-order valence-electron chi connectivity index (χ4n) is 2.29. The highest BCUT2D eigenvalue weighted by Crippen LogP contribution is 2.28. The minimum Gasteiger partial charge on any atom is -0.394 e. The van der Waals surface area contributed by atoms with Gasteiger partial charge in [0.05, 0.1) is 30.7 Å². The maximum Gasteiger partial charge on any atom is 0.229 e. The Morgan fingerprint density at radius 3 is 2.68 bits per heavy atom. The van der Waals surface area contributed by atoms with Gasteiger partial charge in [-0.2, -0.15) is 10.1 Å². The summed E-state index contributed by atoms with van der Waals surface area (Å²) in [5.41, 5.74) is 1.50. The molecule has 0 saturated heterocycles. The summed E-state index contributed by atoms with van der Waals surface area (Å²) < 4.78 is 1.66. The van der Waals surface area contributed by atoms with Crippen molar-refractivity contribution in [2.45, 2.75) is 6.04 Å². The van der Waals surface area contributed by atoms with Crippen molar-refractivity contribution in [3.63, 3.8) is 0 Å². The molecule has 0 spiro atoms. The van der Waals surface area contributed by atoms with Crippen LogP contribution in [-0.4, -0.2) is 31.5 Å². The zero-order chi connectivity index (χ0) is 17.8. The smallest absolute Gasteiger partial charge is 0.229 e. The van der Waals surface area contributed by atoms with Gasteiger partial charge in [-0.3, -0.25) is 4.68 Å². The van der Waals surface area contributed by atoms with Crippen molar-refractivity contribution in [2.75, 3.05) is 17.2 Å². The first-order valence-electron chi connectivity index (χ1n) is 7.47. The van der Waals surface area contributed by atoms with Gasteiger partial charge in [-0.15, -0.1) is 0 Å². The van der Waals surface area contributed by atoms with Gasteiger partial charge in [0.1, 0.15) is 5.02 Å². The third-order valence-electron chi connectivity index (χ3n) is 3.48. The average Bonchev–Trinajstić information content (AvgIpc) is 3.01. The zero-order valence-corrected chi connectivity index (χ0v) is 14.8. The number of rotatable bonds is 6. The number of benzene rings is 1. The Kier molecular flexibility index (Phi) is 5.37. The SMILES string of the molecule is Cn1cc(Nc2ncc(Cl)c(NC(CO)c3ccccc3Cl)n2)cn1. The van der Waals surface area contributed by atoms with Gasteiger partial charge < -0.3 is 15.7 Å². The second kappa shape index (κ2) is 7.69. The van der Waals surface area contributed by atoms with Gasteiger partial charge in [0.2, 0.25) is 5.95 Å². The monoisotopic (exact) mass is 378 g/mol. The van der Waals surface area contributed by atoms with E-state index in [9.17, 15) is 5.11 Å². The van der Waals surface area contributed by atoms with Crippen LogP contribution in [0.4, 0.5) is 17.5 Å². The van der Waals surface area contributed by atoms with Gasteiger partial charge >= 0.3 is 0 Å². The highest BCUT2D eigenvalue weighted by Gasteiger charge is 2.16. The number of hydrogen-bond acceptors (Lipinski definition) is 6. The van der Waals surface area contributed by atoms with Crippen LogP contribution in [0.25, 0.3) is 0 Å². The minimum atomic E-state index is -0.452. The van der Waals surface area contributed by atoms with Gasteiger partial charge in [0, 0.05) is 18.3 Å². The van der Waals surface area contributed by atoms with Crippen LogP contribution in [0.2, 0.25) is 10.0 Å². The summed E-state index contributed by atoms with van der Waals surface area (Å²) >= 11 is 12.4. The molecule has 0 radical (unpaired) electrons. The van der Waals surface area contributed by atoms with E-state index in [4.69, 9.17) is 23.2 Å². The molecule has 2 heterocycles. The van der Waals surface area contributed by atoms with Crippen molar-refractivity contribution in [1.29, 1.82) is 0 Å². The number of anilines is 3. The normalized spacial score (nSPS) is 12.0. The molecule has 0 saturated carbocycles. The van der Waals surface area contributed by atoms with E-state index in [0.717, 1.165) is 11.3 Å². The number of aliphatic hydroxyl groups is 1. The van der Waals surface area contributed by atoms with E-state index in [1.807, 2.05) is 25.2 Å². The largest absolute Gasteiger partial charge is 0.394 e. The summed E-state index contributed by atoms with van der Waals surface area (Å²) in [6.45, 7) is -0.171. The molecule has 7 nitrogen and oxygen atoms in total. The Labute approximate surface area is 154 Å². The molecule has 0 fully saturated rings. The van der Waals surface area contributed by atoms with Crippen molar-refractivity contribution in [3.8, 4) is 0 Å². The molecule has 3 aromatic rings. The molecule has 0 aliphatic carbocycles. The number of nitrogens with one attached hydrogen (secondary N) is 2. The van der Waals surface area contributed by atoms with Crippen LogP contribution in [0, 0.1) is 0 Å². The first kappa shape index (κ1) is 17.5. The van der Waals surface area contributed by atoms with Crippen molar-refractivity contribution in [1.82, 2.24) is 19.7 Å². The number of hydrogen-bond donors (Lipinski definition) is 3. The standard InChI is InChI=1S/C16H16Cl2N6O/c1-24-8-10(6-20-24)21-16-19-7-13(18)15(23-16)22-14(9-25)11-4-2-3-5-12(11)17/h2-8,14,25H,9H2,1H3,(H2,19,21,22,23). The molecular weight excluding hydrogens is 363 g/mol. The van der Waals surface area contributed by atoms with Crippen LogP contribution < -0.4 is 10.6 Å². The predicted molar refractivity (Wildman–Crippen MR) is 98.4 cm³/mol. The molecule has 9 heteroatoms. The molecule has 1 aromatic carbocycles. The Balaban J connectivity index is 1.83. The second-order valence-electron chi connectivity index (χ2n) is 5.32. The topological polar surface area (TPSA) is 87.9 Å². The third kappa shape index (κ3) is 4.19. The Hall–Kier alpha value is -2.35. The maximum atomic E-state index is 9.73. The first-order valence-corrected chi connectivity index (χ1v) is 8.22. The maximum absolute atomic E-state index is 9.73. The Morgan fingerprint density at radius 2 is 2.00 bits per heavy atom. The molecule has 2 aromatic heterocycles. The molecule has 3 N–H and O–H groups in total. The van der Waals surface area contributed by atoms with Crippen molar-refractivity contribution < 1.29 is 5.11 Å². The highest BCUT2D eigenvalue weighted by molar-refractivity contribution is 6.33. The Morgan fingerprint density at radius 1 is 1.20 bits per heavy atom. The molecule has 25 heavy (non-hydrogen) atoms. The number of aryl methyl sites for hydroxylation is 1. The van der Waals surface area contributed by atoms with Crippen molar-refractivity contribution in [2.24, 2.45) is 7.05 Å². The summed E-state index contributed by atoms with van der Waals surface area (Å²) in [6.07, 6.45) is 4.94. The van der Waals surface area contributed by atoms with Gasteiger partial charge in [-0.1, -0.05) is 41.4 Å². The van der Waals surface area contributed by atoms with E-state index in [1.165, 1.54) is 6.20 Å². The van der Waals surface area contributed by atoms with Gasteiger partial charge in [0.25, 0.3) is 0 Å². The molecule has 1 atom stereocenters. The van der Waals surface area contributed by atoms with Crippen LogP contribution in [0.5, 0.6) is 0 Å². The van der Waals surface area contributed by atoms with E-state index in [1.54, 1.807) is 23.1 Å². The van der Waals surface area contributed by atoms with E-state index in [2.05, 4.69) is 25.7 Å². The van der Waals surface area contributed by atoms with Crippen LogP contribution >= 0.6 is 23.2 Å². The van der Waals surface area contributed by atoms with E-state index < -0.39 is 6.04 Å². The van der Waals surface area contributed by atoms with E-state index in [0.29, 0.717) is 21.8 Å². The lowest BCUT2D eigenvalue weighted by molar-refractivity contribution is 0.276. The highest BCUT2D eigenvalue weighted by atomic mass is 35.5. The first-order chi connectivity index (χ1) is 12.1. The summed E-state index contributed by atoms with van der Waals surface area (Å²) in [7, 11) is 1.82. The summed E-state index contributed by atoms with van der Waals surface area (Å²) in [6, 6.07) is 6.82.